The lowest BCUT2D eigenvalue weighted by Gasteiger charge is -2.09. The maximum Gasteiger partial charge on any atom is 0.0727 e. The molecule has 0 aliphatic heterocycles. The minimum absolute atomic E-state index is 0.948. The standard InChI is InChI=1S/C17H18N2/c1-5-7-14-10-17(19-13(4)16(14)6-2)15-9-8-12(3)18-11-15/h5-11H,2H2,1,3-4H3/b7-5-. The molecule has 2 nitrogen and oxygen atoms in total. The molecule has 0 spiro atoms. The average molecular weight is 250 g/mol. The van der Waals surface area contributed by atoms with E-state index in [1.54, 1.807) is 0 Å². The van der Waals surface area contributed by atoms with Crippen molar-refractivity contribution in [3.05, 3.63) is 59.6 Å². The lowest BCUT2D eigenvalue weighted by molar-refractivity contribution is 1.16. The van der Waals surface area contributed by atoms with Crippen LogP contribution in [0.3, 0.4) is 0 Å². The van der Waals surface area contributed by atoms with E-state index in [9.17, 15) is 0 Å². The van der Waals surface area contributed by atoms with Gasteiger partial charge in [-0.1, -0.05) is 24.8 Å². The third kappa shape index (κ3) is 2.79. The van der Waals surface area contributed by atoms with Crippen molar-refractivity contribution in [1.82, 2.24) is 9.97 Å². The molecule has 0 bridgehead atoms. The van der Waals surface area contributed by atoms with Gasteiger partial charge < -0.3 is 0 Å². The normalized spacial score (nSPS) is 10.9. The van der Waals surface area contributed by atoms with Crippen molar-refractivity contribution in [3.8, 4) is 11.3 Å². The van der Waals surface area contributed by atoms with Gasteiger partial charge >= 0.3 is 0 Å². The van der Waals surface area contributed by atoms with Crippen LogP contribution in [0.1, 0.15) is 29.4 Å². The molecule has 0 amide bonds. The lowest BCUT2D eigenvalue weighted by Crippen LogP contribution is -1.95. The van der Waals surface area contributed by atoms with Gasteiger partial charge in [-0.2, -0.15) is 0 Å². The minimum atomic E-state index is 0.948. The molecule has 0 N–H and O–H groups in total. The molecular formula is C17H18N2. The van der Waals surface area contributed by atoms with Crippen LogP contribution in [0.25, 0.3) is 23.4 Å². The molecule has 2 aromatic rings. The molecule has 2 aromatic heterocycles. The summed E-state index contributed by atoms with van der Waals surface area (Å²) in [4.78, 5) is 8.97. The third-order valence-electron chi connectivity index (χ3n) is 3.04. The molecule has 0 saturated carbocycles. The summed E-state index contributed by atoms with van der Waals surface area (Å²) < 4.78 is 0. The predicted molar refractivity (Wildman–Crippen MR) is 81.7 cm³/mol. The molecular weight excluding hydrogens is 232 g/mol. The van der Waals surface area contributed by atoms with Gasteiger partial charge in [0.2, 0.25) is 0 Å². The quantitative estimate of drug-likeness (QED) is 0.805. The molecule has 19 heavy (non-hydrogen) atoms. The Labute approximate surface area is 114 Å². The van der Waals surface area contributed by atoms with Crippen LogP contribution in [-0.4, -0.2) is 9.97 Å². The van der Waals surface area contributed by atoms with Gasteiger partial charge in [0.1, 0.15) is 0 Å². The zero-order valence-corrected chi connectivity index (χ0v) is 11.6. The van der Waals surface area contributed by atoms with Gasteiger partial charge in [-0.3, -0.25) is 9.97 Å². The van der Waals surface area contributed by atoms with E-state index >= 15 is 0 Å². The molecule has 96 valence electrons. The smallest absolute Gasteiger partial charge is 0.0727 e. The number of aryl methyl sites for hydroxylation is 2. The van der Waals surface area contributed by atoms with Crippen molar-refractivity contribution in [1.29, 1.82) is 0 Å². The third-order valence-corrected chi connectivity index (χ3v) is 3.04. The Morgan fingerprint density at radius 1 is 1.21 bits per heavy atom. The highest BCUT2D eigenvalue weighted by atomic mass is 14.7. The van der Waals surface area contributed by atoms with E-state index in [-0.39, 0.29) is 0 Å². The molecule has 2 heteroatoms. The number of pyridine rings is 2. The van der Waals surface area contributed by atoms with Crippen LogP contribution in [0.2, 0.25) is 0 Å². The van der Waals surface area contributed by atoms with E-state index in [2.05, 4.69) is 34.8 Å². The fraction of sp³-hybridized carbons (Fsp3) is 0.176. The summed E-state index contributed by atoms with van der Waals surface area (Å²) >= 11 is 0. The molecule has 0 aliphatic rings. The van der Waals surface area contributed by atoms with Crippen LogP contribution in [0.5, 0.6) is 0 Å². The predicted octanol–water partition coefficient (Wildman–Crippen LogP) is 4.44. The van der Waals surface area contributed by atoms with Crippen molar-refractivity contribution in [2.24, 2.45) is 0 Å². The Bertz CT molecular complexity index is 622. The van der Waals surface area contributed by atoms with Crippen LogP contribution in [0.15, 0.2) is 37.1 Å². The first-order chi connectivity index (χ1) is 9.15. The zero-order valence-electron chi connectivity index (χ0n) is 11.6. The van der Waals surface area contributed by atoms with E-state index in [1.165, 1.54) is 0 Å². The van der Waals surface area contributed by atoms with Crippen molar-refractivity contribution in [2.45, 2.75) is 20.8 Å². The van der Waals surface area contributed by atoms with Gasteiger partial charge in [0.05, 0.1) is 5.69 Å². The maximum absolute atomic E-state index is 4.64. The summed E-state index contributed by atoms with van der Waals surface area (Å²) in [6.45, 7) is 9.86. The fourth-order valence-electron chi connectivity index (χ4n) is 2.06. The van der Waals surface area contributed by atoms with Crippen LogP contribution in [0.4, 0.5) is 0 Å². The average Bonchev–Trinajstić information content (AvgIpc) is 2.39. The first kappa shape index (κ1) is 13.2. The van der Waals surface area contributed by atoms with Crippen LogP contribution in [-0.2, 0) is 0 Å². The number of aromatic nitrogens is 2. The fourth-order valence-corrected chi connectivity index (χ4v) is 2.06. The lowest BCUT2D eigenvalue weighted by atomic mass is 10.0. The van der Waals surface area contributed by atoms with Gasteiger partial charge in [-0.15, -0.1) is 0 Å². The molecule has 0 saturated heterocycles. The molecule has 0 atom stereocenters. The van der Waals surface area contributed by atoms with E-state index in [0.717, 1.165) is 33.8 Å². The summed E-state index contributed by atoms with van der Waals surface area (Å²) in [5.74, 6) is 0. The van der Waals surface area contributed by atoms with Gasteiger partial charge in [0, 0.05) is 28.7 Å². The molecule has 0 aromatic carbocycles. The first-order valence-corrected chi connectivity index (χ1v) is 6.35. The van der Waals surface area contributed by atoms with E-state index < -0.39 is 0 Å². The zero-order chi connectivity index (χ0) is 13.8. The highest BCUT2D eigenvalue weighted by Gasteiger charge is 2.07. The molecule has 0 radical (unpaired) electrons. The molecule has 2 heterocycles. The van der Waals surface area contributed by atoms with Crippen molar-refractivity contribution < 1.29 is 0 Å². The molecule has 0 unspecified atom stereocenters. The van der Waals surface area contributed by atoms with Gasteiger partial charge in [-0.05, 0) is 44.5 Å². The van der Waals surface area contributed by atoms with E-state index in [1.807, 2.05) is 45.2 Å². The summed E-state index contributed by atoms with van der Waals surface area (Å²) in [5, 5.41) is 0. The van der Waals surface area contributed by atoms with Gasteiger partial charge in [0.15, 0.2) is 0 Å². The number of rotatable bonds is 3. The number of hydrogen-bond donors (Lipinski definition) is 0. The Hall–Kier alpha value is -2.22. The SMILES string of the molecule is C=Cc1c(/C=C\C)cc(-c2ccc(C)nc2)nc1C. The number of hydrogen-bond acceptors (Lipinski definition) is 2. The monoisotopic (exact) mass is 250 g/mol. The molecule has 0 aliphatic carbocycles. The Morgan fingerprint density at radius 2 is 2.00 bits per heavy atom. The summed E-state index contributed by atoms with van der Waals surface area (Å²) in [7, 11) is 0. The second-order valence-corrected chi connectivity index (χ2v) is 4.49. The van der Waals surface area contributed by atoms with Gasteiger partial charge in [-0.25, -0.2) is 0 Å². The second kappa shape index (κ2) is 5.61. The van der Waals surface area contributed by atoms with Crippen molar-refractivity contribution >= 4 is 12.2 Å². The molecule has 0 fully saturated rings. The summed E-state index contributed by atoms with van der Waals surface area (Å²) in [5.41, 5.74) is 6.21. The Morgan fingerprint density at radius 3 is 2.58 bits per heavy atom. The van der Waals surface area contributed by atoms with Crippen LogP contribution >= 0.6 is 0 Å². The highest BCUT2D eigenvalue weighted by Crippen LogP contribution is 2.23. The van der Waals surface area contributed by atoms with Crippen LogP contribution in [0, 0.1) is 13.8 Å². The number of allylic oxidation sites excluding steroid dienone is 1. The largest absolute Gasteiger partial charge is 0.261 e. The Balaban J connectivity index is 2.59. The topological polar surface area (TPSA) is 25.8 Å². The molecule has 2 rings (SSSR count). The van der Waals surface area contributed by atoms with E-state index in [0.29, 0.717) is 0 Å². The summed E-state index contributed by atoms with van der Waals surface area (Å²) in [6, 6.07) is 6.14. The minimum Gasteiger partial charge on any atom is -0.261 e. The van der Waals surface area contributed by atoms with Crippen molar-refractivity contribution in [3.63, 3.8) is 0 Å². The van der Waals surface area contributed by atoms with Gasteiger partial charge in [0.25, 0.3) is 0 Å². The summed E-state index contributed by atoms with van der Waals surface area (Å²) in [6.07, 6.45) is 7.83. The van der Waals surface area contributed by atoms with Crippen LogP contribution < -0.4 is 0 Å². The van der Waals surface area contributed by atoms with E-state index in [4.69, 9.17) is 0 Å². The highest BCUT2D eigenvalue weighted by molar-refractivity contribution is 5.71. The second-order valence-electron chi connectivity index (χ2n) is 4.49. The first-order valence-electron chi connectivity index (χ1n) is 6.35. The number of nitrogens with zero attached hydrogens (tertiary/aromatic N) is 2. The maximum atomic E-state index is 4.64. The van der Waals surface area contributed by atoms with Crippen molar-refractivity contribution in [2.75, 3.05) is 0 Å². The Kier molecular flexibility index (Phi) is 3.91.